The number of rotatable bonds is 4. The molecule has 158 valence electrons. The second-order valence-corrected chi connectivity index (χ2v) is 9.81. The normalized spacial score (nSPS) is 15.6. The van der Waals surface area contributed by atoms with E-state index in [1.165, 1.54) is 12.1 Å². The van der Waals surface area contributed by atoms with Crippen LogP contribution in [-0.4, -0.2) is 71.3 Å². The summed E-state index contributed by atoms with van der Waals surface area (Å²) in [4.78, 5) is 21.6. The largest absolute Gasteiger partial charge is 0.336 e. The molecule has 1 amide bonds. The van der Waals surface area contributed by atoms with E-state index in [2.05, 4.69) is 21.0 Å². The minimum Gasteiger partial charge on any atom is -0.336 e. The zero-order chi connectivity index (χ0) is 21.5. The monoisotopic (exact) mass is 427 g/mol. The molecule has 0 spiro atoms. The van der Waals surface area contributed by atoms with Gasteiger partial charge < -0.3 is 4.90 Å². The van der Waals surface area contributed by atoms with Crippen LogP contribution < -0.4 is 0 Å². The first-order valence-electron chi connectivity index (χ1n) is 9.82. The molecule has 1 aliphatic rings. The van der Waals surface area contributed by atoms with Crippen LogP contribution in [0.25, 0.3) is 11.0 Å². The molecule has 0 N–H and O–H groups in total. The molecule has 30 heavy (non-hydrogen) atoms. The number of pyridine rings is 1. The van der Waals surface area contributed by atoms with Crippen LogP contribution in [0.15, 0.2) is 41.4 Å². The topological polar surface area (TPSA) is 88.4 Å². The Morgan fingerprint density at radius 3 is 2.57 bits per heavy atom. The van der Waals surface area contributed by atoms with Gasteiger partial charge in [-0.15, -0.1) is 0 Å². The first-order valence-corrected chi connectivity index (χ1v) is 11.7. The van der Waals surface area contributed by atoms with Gasteiger partial charge in [0.25, 0.3) is 5.91 Å². The van der Waals surface area contributed by atoms with Gasteiger partial charge in [-0.05, 0) is 36.8 Å². The van der Waals surface area contributed by atoms with Crippen LogP contribution in [0.4, 0.5) is 0 Å². The highest BCUT2D eigenvalue weighted by Crippen LogP contribution is 2.19. The van der Waals surface area contributed by atoms with E-state index in [1.807, 2.05) is 20.2 Å². The van der Waals surface area contributed by atoms with E-state index in [0.29, 0.717) is 18.7 Å². The van der Waals surface area contributed by atoms with Gasteiger partial charge in [-0.3, -0.25) is 14.4 Å². The van der Waals surface area contributed by atoms with Crippen LogP contribution in [0.5, 0.6) is 0 Å². The SMILES string of the molecule is Cc1nn(C)c2ncc(CN3CCN(C(=O)c4cccc(S(C)(=O)=O)c4)CC3)cc12. The van der Waals surface area contributed by atoms with Gasteiger partial charge in [-0.1, -0.05) is 6.07 Å². The molecule has 0 aliphatic carbocycles. The highest BCUT2D eigenvalue weighted by molar-refractivity contribution is 7.90. The third kappa shape index (κ3) is 4.08. The van der Waals surface area contributed by atoms with Crippen molar-refractivity contribution in [3.63, 3.8) is 0 Å². The fourth-order valence-corrected chi connectivity index (χ4v) is 4.51. The van der Waals surface area contributed by atoms with Crippen LogP contribution in [0.1, 0.15) is 21.6 Å². The first kappa shape index (κ1) is 20.5. The number of carbonyl (C=O) groups is 1. The Bertz CT molecular complexity index is 1210. The Morgan fingerprint density at radius 2 is 1.87 bits per heavy atom. The summed E-state index contributed by atoms with van der Waals surface area (Å²) in [5, 5.41) is 5.48. The molecule has 2 aromatic heterocycles. The molecule has 0 saturated carbocycles. The minimum absolute atomic E-state index is 0.130. The number of hydrogen-bond donors (Lipinski definition) is 0. The Morgan fingerprint density at radius 1 is 1.13 bits per heavy atom. The van der Waals surface area contributed by atoms with Crippen LogP contribution in [0, 0.1) is 6.92 Å². The summed E-state index contributed by atoms with van der Waals surface area (Å²) in [6.45, 7) is 5.45. The number of carbonyl (C=O) groups excluding carboxylic acids is 1. The fourth-order valence-electron chi connectivity index (χ4n) is 3.85. The molecule has 0 radical (unpaired) electrons. The smallest absolute Gasteiger partial charge is 0.253 e. The predicted octanol–water partition coefficient (Wildman–Crippen LogP) is 1.64. The van der Waals surface area contributed by atoms with Crippen LogP contribution in [0.2, 0.25) is 0 Å². The molecule has 1 saturated heterocycles. The molecule has 9 heteroatoms. The summed E-state index contributed by atoms with van der Waals surface area (Å²) in [6.07, 6.45) is 3.03. The van der Waals surface area contributed by atoms with Crippen LogP contribution in [0.3, 0.4) is 0 Å². The number of fused-ring (bicyclic) bond motifs is 1. The standard InChI is InChI=1S/C21H25N5O3S/c1-15-19-11-16(13-22-20(19)24(2)23-15)14-25-7-9-26(10-8-25)21(27)17-5-4-6-18(12-17)30(3,28)29/h4-6,11-13H,7-10,14H2,1-3H3. The fraction of sp³-hybridized carbons (Fsp3) is 0.381. The Hall–Kier alpha value is -2.78. The van der Waals surface area contributed by atoms with Crippen molar-refractivity contribution in [2.24, 2.45) is 7.05 Å². The Labute approximate surface area is 176 Å². The molecule has 4 rings (SSSR count). The number of benzene rings is 1. The molecule has 1 fully saturated rings. The number of aryl methyl sites for hydroxylation is 2. The van der Waals surface area contributed by atoms with E-state index < -0.39 is 9.84 Å². The Kier molecular flexibility index (Phi) is 5.33. The molecule has 3 heterocycles. The molecular formula is C21H25N5O3S. The number of aromatic nitrogens is 3. The van der Waals surface area contributed by atoms with Gasteiger partial charge >= 0.3 is 0 Å². The van der Waals surface area contributed by atoms with Crippen molar-refractivity contribution in [1.82, 2.24) is 24.6 Å². The number of nitrogens with zero attached hydrogens (tertiary/aromatic N) is 5. The van der Waals surface area contributed by atoms with Crippen molar-refractivity contribution in [3.8, 4) is 0 Å². The maximum Gasteiger partial charge on any atom is 0.253 e. The lowest BCUT2D eigenvalue weighted by Gasteiger charge is -2.34. The lowest BCUT2D eigenvalue weighted by atomic mass is 10.1. The Balaban J connectivity index is 1.40. The summed E-state index contributed by atoms with van der Waals surface area (Å²) >= 11 is 0. The van der Waals surface area contributed by atoms with Gasteiger partial charge in [0.15, 0.2) is 15.5 Å². The number of sulfone groups is 1. The van der Waals surface area contributed by atoms with Crippen molar-refractivity contribution in [2.45, 2.75) is 18.4 Å². The lowest BCUT2D eigenvalue weighted by molar-refractivity contribution is 0.0628. The third-order valence-corrected chi connectivity index (χ3v) is 6.60. The zero-order valence-corrected chi connectivity index (χ0v) is 18.2. The molecule has 8 nitrogen and oxygen atoms in total. The van der Waals surface area contributed by atoms with Gasteiger partial charge in [-0.2, -0.15) is 5.10 Å². The molecule has 0 atom stereocenters. The van der Waals surface area contributed by atoms with Gasteiger partial charge in [-0.25, -0.2) is 13.4 Å². The molecular weight excluding hydrogens is 402 g/mol. The highest BCUT2D eigenvalue weighted by atomic mass is 32.2. The molecule has 3 aromatic rings. The minimum atomic E-state index is -3.34. The van der Waals surface area contributed by atoms with Crippen LogP contribution >= 0.6 is 0 Å². The first-order chi connectivity index (χ1) is 14.2. The van der Waals surface area contributed by atoms with Crippen molar-refractivity contribution >= 4 is 26.8 Å². The average Bonchev–Trinajstić information content (AvgIpc) is 3.01. The third-order valence-electron chi connectivity index (χ3n) is 5.49. The highest BCUT2D eigenvalue weighted by Gasteiger charge is 2.23. The van der Waals surface area contributed by atoms with E-state index in [9.17, 15) is 13.2 Å². The van der Waals surface area contributed by atoms with E-state index >= 15 is 0 Å². The molecule has 1 aromatic carbocycles. The number of piperazine rings is 1. The van der Waals surface area contributed by atoms with Crippen molar-refractivity contribution in [3.05, 3.63) is 53.3 Å². The average molecular weight is 428 g/mol. The molecule has 0 bridgehead atoms. The van der Waals surface area contributed by atoms with E-state index in [4.69, 9.17) is 0 Å². The zero-order valence-electron chi connectivity index (χ0n) is 17.4. The molecule has 1 aliphatic heterocycles. The summed E-state index contributed by atoms with van der Waals surface area (Å²) < 4.78 is 25.3. The van der Waals surface area contributed by atoms with Crippen molar-refractivity contribution < 1.29 is 13.2 Å². The lowest BCUT2D eigenvalue weighted by Crippen LogP contribution is -2.48. The quantitative estimate of drug-likeness (QED) is 0.629. The van der Waals surface area contributed by atoms with Gasteiger partial charge in [0.2, 0.25) is 0 Å². The number of amides is 1. The second kappa shape index (κ2) is 7.81. The van der Waals surface area contributed by atoms with Crippen LogP contribution in [-0.2, 0) is 23.4 Å². The number of hydrogen-bond acceptors (Lipinski definition) is 6. The second-order valence-electron chi connectivity index (χ2n) is 7.79. The van der Waals surface area contributed by atoms with E-state index in [0.717, 1.165) is 48.2 Å². The van der Waals surface area contributed by atoms with Gasteiger partial charge in [0, 0.05) is 63.2 Å². The summed E-state index contributed by atoms with van der Waals surface area (Å²) in [6, 6.07) is 8.39. The maximum absolute atomic E-state index is 12.8. The van der Waals surface area contributed by atoms with E-state index in [-0.39, 0.29) is 10.8 Å². The van der Waals surface area contributed by atoms with Gasteiger partial charge in [0.05, 0.1) is 10.6 Å². The van der Waals surface area contributed by atoms with Gasteiger partial charge in [0.1, 0.15) is 0 Å². The molecule has 0 unspecified atom stereocenters. The van der Waals surface area contributed by atoms with E-state index in [1.54, 1.807) is 21.7 Å². The van der Waals surface area contributed by atoms with Crippen molar-refractivity contribution in [1.29, 1.82) is 0 Å². The maximum atomic E-state index is 12.8. The van der Waals surface area contributed by atoms with Crippen molar-refractivity contribution in [2.75, 3.05) is 32.4 Å². The summed E-state index contributed by atoms with van der Waals surface area (Å²) in [5.41, 5.74) is 3.38. The summed E-state index contributed by atoms with van der Waals surface area (Å²) in [5.74, 6) is -0.130. The predicted molar refractivity (Wildman–Crippen MR) is 114 cm³/mol. The summed E-state index contributed by atoms with van der Waals surface area (Å²) in [7, 11) is -1.45.